The van der Waals surface area contributed by atoms with Crippen LogP contribution in [0, 0.1) is 6.92 Å². The second-order valence-corrected chi connectivity index (χ2v) is 8.17. The molecule has 0 aliphatic heterocycles. The van der Waals surface area contributed by atoms with Gasteiger partial charge in [0.1, 0.15) is 5.82 Å². The van der Waals surface area contributed by atoms with E-state index in [-0.39, 0.29) is 35.7 Å². The van der Waals surface area contributed by atoms with E-state index >= 15 is 0 Å². The smallest absolute Gasteiger partial charge is 0.251 e. The number of aryl methyl sites for hydroxylation is 1. The highest BCUT2D eigenvalue weighted by atomic mass is 16.3. The number of nitrogens with two attached hydrogens (primary N) is 1. The lowest BCUT2D eigenvalue weighted by atomic mass is 10.0. The van der Waals surface area contributed by atoms with Crippen LogP contribution in [0.2, 0.25) is 0 Å². The summed E-state index contributed by atoms with van der Waals surface area (Å²) in [5, 5.41) is 25.7. The van der Waals surface area contributed by atoms with Crippen molar-refractivity contribution < 1.29 is 19.8 Å². The van der Waals surface area contributed by atoms with Gasteiger partial charge in [0.05, 0.1) is 30.2 Å². The summed E-state index contributed by atoms with van der Waals surface area (Å²) in [4.78, 5) is 25.6. The van der Waals surface area contributed by atoms with Crippen molar-refractivity contribution in [2.45, 2.75) is 31.9 Å². The summed E-state index contributed by atoms with van der Waals surface area (Å²) in [5.74, 6) is -0.256. The standard InChI is InChI=1S/C25H26N4O4/c1-15-5-7-18(25(33)28-19-8-9-19)12-22(15)29-24(26)21(13-27-29)23(32)17-4-2-3-16(11-17)6-10-20(31)14-30/h2-7,10-13,19-20,30-31H,8-9,14,26H2,1H3,(H,28,33)/b10-6+. The lowest BCUT2D eigenvalue weighted by molar-refractivity contribution is 0.0950. The van der Waals surface area contributed by atoms with Gasteiger partial charge in [-0.3, -0.25) is 9.59 Å². The number of benzene rings is 2. The average Bonchev–Trinajstić information content (AvgIpc) is 3.56. The molecule has 0 saturated heterocycles. The van der Waals surface area contributed by atoms with Crippen LogP contribution in [0.5, 0.6) is 0 Å². The molecule has 1 fully saturated rings. The molecule has 2 aromatic carbocycles. The molecule has 1 heterocycles. The summed E-state index contributed by atoms with van der Waals surface area (Å²) >= 11 is 0. The van der Waals surface area contributed by atoms with Gasteiger partial charge in [0, 0.05) is 17.2 Å². The minimum Gasteiger partial charge on any atom is -0.393 e. The van der Waals surface area contributed by atoms with E-state index in [9.17, 15) is 14.7 Å². The zero-order chi connectivity index (χ0) is 23.5. The minimum absolute atomic E-state index is 0.142. The van der Waals surface area contributed by atoms with Crippen molar-refractivity contribution in [3.8, 4) is 5.69 Å². The van der Waals surface area contributed by atoms with Gasteiger partial charge in [-0.2, -0.15) is 5.10 Å². The molecule has 1 aromatic heterocycles. The summed E-state index contributed by atoms with van der Waals surface area (Å²) in [6, 6.07) is 12.4. The molecule has 4 rings (SSSR count). The highest BCUT2D eigenvalue weighted by Crippen LogP contribution is 2.25. The van der Waals surface area contributed by atoms with Crippen molar-refractivity contribution >= 4 is 23.6 Å². The van der Waals surface area contributed by atoms with Crippen molar-refractivity contribution in [2.75, 3.05) is 12.3 Å². The lowest BCUT2D eigenvalue weighted by Gasteiger charge is -2.11. The Hall–Kier alpha value is -3.75. The van der Waals surface area contributed by atoms with Crippen LogP contribution < -0.4 is 11.1 Å². The third kappa shape index (κ3) is 5.02. The van der Waals surface area contributed by atoms with Crippen LogP contribution in [0.3, 0.4) is 0 Å². The molecule has 1 aliphatic rings. The number of hydrogen-bond acceptors (Lipinski definition) is 6. The van der Waals surface area contributed by atoms with E-state index in [2.05, 4.69) is 10.4 Å². The van der Waals surface area contributed by atoms with Crippen LogP contribution in [0.4, 0.5) is 5.82 Å². The van der Waals surface area contributed by atoms with Crippen LogP contribution in [0.25, 0.3) is 11.8 Å². The largest absolute Gasteiger partial charge is 0.393 e. The summed E-state index contributed by atoms with van der Waals surface area (Å²) in [5.41, 5.74) is 9.68. The highest BCUT2D eigenvalue weighted by molar-refractivity contribution is 6.12. The number of aliphatic hydroxyl groups excluding tert-OH is 2. The van der Waals surface area contributed by atoms with Crippen molar-refractivity contribution in [2.24, 2.45) is 0 Å². The van der Waals surface area contributed by atoms with Crippen LogP contribution in [0.15, 0.2) is 54.7 Å². The normalized spacial score (nSPS) is 14.4. The van der Waals surface area contributed by atoms with Gasteiger partial charge in [0.2, 0.25) is 0 Å². The number of ketones is 1. The zero-order valence-corrected chi connectivity index (χ0v) is 18.2. The predicted octanol–water partition coefficient (Wildman–Crippen LogP) is 2.25. The van der Waals surface area contributed by atoms with Gasteiger partial charge >= 0.3 is 0 Å². The van der Waals surface area contributed by atoms with E-state index < -0.39 is 6.10 Å². The first-order chi connectivity index (χ1) is 15.9. The molecular formula is C25H26N4O4. The molecule has 1 amide bonds. The molecule has 8 nitrogen and oxygen atoms in total. The lowest BCUT2D eigenvalue weighted by Crippen LogP contribution is -2.25. The number of aliphatic hydroxyl groups is 2. The maximum Gasteiger partial charge on any atom is 0.251 e. The fourth-order valence-corrected chi connectivity index (χ4v) is 3.42. The molecule has 0 radical (unpaired) electrons. The van der Waals surface area contributed by atoms with Crippen LogP contribution in [-0.2, 0) is 0 Å². The van der Waals surface area contributed by atoms with E-state index in [4.69, 9.17) is 10.8 Å². The third-order valence-corrected chi connectivity index (χ3v) is 5.51. The second-order valence-electron chi connectivity index (χ2n) is 8.17. The molecule has 1 saturated carbocycles. The number of carbonyl (C=O) groups excluding carboxylic acids is 2. The Morgan fingerprint density at radius 1 is 1.24 bits per heavy atom. The van der Waals surface area contributed by atoms with E-state index in [1.165, 1.54) is 17.0 Å². The molecule has 0 spiro atoms. The minimum atomic E-state index is -0.969. The topological polar surface area (TPSA) is 130 Å². The number of anilines is 1. The monoisotopic (exact) mass is 446 g/mol. The van der Waals surface area contributed by atoms with Gasteiger partial charge < -0.3 is 21.3 Å². The number of aromatic nitrogens is 2. The molecule has 8 heteroatoms. The Labute approximate surface area is 191 Å². The Balaban J connectivity index is 1.61. The number of amides is 1. The SMILES string of the molecule is Cc1ccc(C(=O)NC2CC2)cc1-n1ncc(C(=O)c2cccc(/C=C/C(O)CO)c2)c1N. The first kappa shape index (κ1) is 22.4. The molecule has 0 bridgehead atoms. The number of rotatable bonds is 8. The Kier molecular flexibility index (Phi) is 6.39. The second kappa shape index (κ2) is 9.40. The van der Waals surface area contributed by atoms with Gasteiger partial charge in [0.25, 0.3) is 5.91 Å². The van der Waals surface area contributed by atoms with Crippen molar-refractivity contribution in [3.05, 3.63) is 82.6 Å². The van der Waals surface area contributed by atoms with Crippen molar-refractivity contribution in [1.82, 2.24) is 15.1 Å². The number of nitrogen functional groups attached to an aromatic ring is 1. The van der Waals surface area contributed by atoms with Gasteiger partial charge in [-0.25, -0.2) is 4.68 Å². The van der Waals surface area contributed by atoms with Crippen LogP contribution in [0.1, 0.15) is 50.2 Å². The molecule has 1 unspecified atom stereocenters. The Bertz CT molecular complexity index is 1230. The van der Waals surface area contributed by atoms with Gasteiger partial charge in [-0.15, -0.1) is 0 Å². The Morgan fingerprint density at radius 3 is 2.76 bits per heavy atom. The van der Waals surface area contributed by atoms with E-state index in [1.807, 2.05) is 13.0 Å². The van der Waals surface area contributed by atoms with Crippen molar-refractivity contribution in [1.29, 1.82) is 0 Å². The van der Waals surface area contributed by atoms with E-state index in [1.54, 1.807) is 42.5 Å². The molecule has 33 heavy (non-hydrogen) atoms. The highest BCUT2D eigenvalue weighted by Gasteiger charge is 2.24. The van der Waals surface area contributed by atoms with Gasteiger partial charge in [-0.05, 0) is 49.1 Å². The molecule has 1 atom stereocenters. The zero-order valence-electron chi connectivity index (χ0n) is 18.2. The van der Waals surface area contributed by atoms with Gasteiger partial charge in [-0.1, -0.05) is 36.4 Å². The summed E-state index contributed by atoms with van der Waals surface area (Å²) < 4.78 is 1.47. The van der Waals surface area contributed by atoms with Gasteiger partial charge in [0.15, 0.2) is 5.78 Å². The quantitative estimate of drug-likeness (QED) is 0.393. The molecular weight excluding hydrogens is 420 g/mol. The fraction of sp³-hybridized carbons (Fsp3) is 0.240. The maximum atomic E-state index is 13.1. The number of hydrogen-bond donors (Lipinski definition) is 4. The number of carbonyl (C=O) groups is 2. The molecule has 5 N–H and O–H groups in total. The summed E-state index contributed by atoms with van der Waals surface area (Å²) in [6.45, 7) is 1.50. The summed E-state index contributed by atoms with van der Waals surface area (Å²) in [7, 11) is 0. The van der Waals surface area contributed by atoms with E-state index in [0.717, 1.165) is 18.4 Å². The first-order valence-electron chi connectivity index (χ1n) is 10.7. The molecule has 170 valence electrons. The average molecular weight is 447 g/mol. The van der Waals surface area contributed by atoms with E-state index in [0.29, 0.717) is 22.4 Å². The fourth-order valence-electron chi connectivity index (χ4n) is 3.42. The third-order valence-electron chi connectivity index (χ3n) is 5.51. The number of nitrogens with one attached hydrogen (secondary N) is 1. The predicted molar refractivity (Wildman–Crippen MR) is 125 cm³/mol. The van der Waals surface area contributed by atoms with Crippen LogP contribution >= 0.6 is 0 Å². The van der Waals surface area contributed by atoms with Crippen LogP contribution in [-0.4, -0.2) is 50.4 Å². The number of nitrogens with zero attached hydrogens (tertiary/aromatic N) is 2. The Morgan fingerprint density at radius 2 is 2.03 bits per heavy atom. The molecule has 1 aliphatic carbocycles. The van der Waals surface area contributed by atoms with Crippen molar-refractivity contribution in [3.63, 3.8) is 0 Å². The summed E-state index contributed by atoms with van der Waals surface area (Å²) in [6.07, 6.45) is 5.54. The first-order valence-corrected chi connectivity index (χ1v) is 10.7. The molecule has 3 aromatic rings. The maximum absolute atomic E-state index is 13.1.